The summed E-state index contributed by atoms with van der Waals surface area (Å²) in [6.07, 6.45) is 7.17. The molecule has 0 atom stereocenters. The van der Waals surface area contributed by atoms with Crippen molar-refractivity contribution in [2.75, 3.05) is 0 Å². The van der Waals surface area contributed by atoms with E-state index in [0.29, 0.717) is 0 Å². The van der Waals surface area contributed by atoms with Gasteiger partial charge in [-0.05, 0) is 42.0 Å². The van der Waals surface area contributed by atoms with Gasteiger partial charge in [-0.1, -0.05) is 43.6 Å². The average Bonchev–Trinajstić information content (AvgIpc) is 2.52. The molecule has 0 saturated heterocycles. The molecule has 0 fully saturated rings. The smallest absolute Gasteiger partial charge is 0.129 e. The van der Waals surface area contributed by atoms with Gasteiger partial charge in [-0.2, -0.15) is 0 Å². The van der Waals surface area contributed by atoms with E-state index >= 15 is 0 Å². The lowest BCUT2D eigenvalue weighted by Gasteiger charge is -2.03. The number of rotatable bonds is 2. The lowest BCUT2D eigenvalue weighted by Crippen LogP contribution is -2.16. The molecule has 0 aromatic heterocycles. The molecule has 0 aliphatic rings. The SMILES string of the molecule is C#Cc1ccc(C=Nc2ccc([13C]#[14C][Si](C)(C)C)cc2)cc1. The van der Waals surface area contributed by atoms with Crippen LogP contribution in [-0.2, 0) is 0 Å². The standard InChI is InChI=1S/C20H19NSi/c1-5-17-6-8-19(9-7-17)16-21-20-12-10-18(11-13-20)14-15-22(2,3)4/h1,6-13,16H,2-4H3/i14+1,15+2. The van der Waals surface area contributed by atoms with Crippen LogP contribution in [0.15, 0.2) is 53.5 Å². The molecule has 2 aromatic carbocycles. The van der Waals surface area contributed by atoms with Gasteiger partial charge in [0.25, 0.3) is 0 Å². The first-order chi connectivity index (χ1) is 10.5. The van der Waals surface area contributed by atoms with Crippen LogP contribution in [0, 0.1) is 23.8 Å². The summed E-state index contributed by atoms with van der Waals surface area (Å²) in [4.78, 5) is 4.47. The van der Waals surface area contributed by atoms with Gasteiger partial charge in [0.1, 0.15) is 8.07 Å². The first-order valence-electron chi connectivity index (χ1n) is 7.20. The number of benzene rings is 2. The Kier molecular flexibility index (Phi) is 4.99. The summed E-state index contributed by atoms with van der Waals surface area (Å²) in [5.41, 5.74) is 7.22. The highest BCUT2D eigenvalue weighted by molar-refractivity contribution is 6.83. The molecule has 0 spiro atoms. The minimum Gasteiger partial charge on any atom is -0.256 e. The number of aliphatic imine (C=N–C) groups is 1. The maximum absolute atomic E-state index is 5.34. The summed E-state index contributed by atoms with van der Waals surface area (Å²) >= 11 is 0. The molecule has 2 aromatic rings. The van der Waals surface area contributed by atoms with E-state index in [1.54, 1.807) is 0 Å². The second-order valence-electron chi connectivity index (χ2n) is 6.07. The van der Waals surface area contributed by atoms with Crippen LogP contribution in [0.25, 0.3) is 0 Å². The first kappa shape index (κ1) is 15.8. The minimum atomic E-state index is -1.33. The normalized spacial score (nSPS) is 10.8. The highest BCUT2D eigenvalue weighted by Crippen LogP contribution is 2.13. The highest BCUT2D eigenvalue weighted by Gasteiger charge is 2.07. The third-order valence-electron chi connectivity index (χ3n) is 2.89. The predicted molar refractivity (Wildman–Crippen MR) is 98.3 cm³/mol. The van der Waals surface area contributed by atoms with Gasteiger partial charge in [-0.15, -0.1) is 12.0 Å². The van der Waals surface area contributed by atoms with Crippen molar-refractivity contribution < 1.29 is 0 Å². The molecule has 0 aliphatic carbocycles. The lowest BCUT2D eigenvalue weighted by molar-refractivity contribution is 1.51. The molecule has 0 heterocycles. The Morgan fingerprint density at radius 3 is 2.09 bits per heavy atom. The quantitative estimate of drug-likeness (QED) is 0.331. The van der Waals surface area contributed by atoms with Gasteiger partial charge < -0.3 is 0 Å². The summed E-state index contributed by atoms with van der Waals surface area (Å²) in [5.74, 6) is 5.84. The molecule has 108 valence electrons. The summed E-state index contributed by atoms with van der Waals surface area (Å²) in [7, 11) is -1.33. The molecule has 2 rings (SSSR count). The maximum Gasteiger partial charge on any atom is 0.129 e. The van der Waals surface area contributed by atoms with Crippen LogP contribution in [0.4, 0.5) is 5.69 Å². The molecule has 0 unspecified atom stereocenters. The van der Waals surface area contributed by atoms with Crippen LogP contribution in [0.3, 0.4) is 0 Å². The van der Waals surface area contributed by atoms with Gasteiger partial charge in [0.15, 0.2) is 0 Å². The lowest BCUT2D eigenvalue weighted by atomic mass is 10.1. The molecule has 0 saturated carbocycles. The molecule has 1 nitrogen and oxygen atoms in total. The third kappa shape index (κ3) is 5.09. The van der Waals surface area contributed by atoms with E-state index in [0.717, 1.165) is 22.4 Å². The van der Waals surface area contributed by atoms with Crippen molar-refractivity contribution in [2.45, 2.75) is 19.6 Å². The summed E-state index contributed by atoms with van der Waals surface area (Å²) < 4.78 is 0. The molecule has 0 bridgehead atoms. The van der Waals surface area contributed by atoms with Crippen LogP contribution in [0.5, 0.6) is 0 Å². The van der Waals surface area contributed by atoms with Gasteiger partial charge in [-0.25, -0.2) is 0 Å². The van der Waals surface area contributed by atoms with Crippen molar-refractivity contribution in [2.24, 2.45) is 4.99 Å². The fourth-order valence-corrected chi connectivity index (χ4v) is 2.22. The molecular formula is C20H19NSi. The maximum atomic E-state index is 5.34. The molecule has 22 heavy (non-hydrogen) atoms. The van der Waals surface area contributed by atoms with Crippen molar-refractivity contribution >= 4 is 20.0 Å². The Balaban J connectivity index is 2.08. The van der Waals surface area contributed by atoms with Gasteiger partial charge in [0.05, 0.1) is 5.69 Å². The zero-order valence-electron chi connectivity index (χ0n) is 13.2. The molecule has 2 heteroatoms. The zero-order valence-corrected chi connectivity index (χ0v) is 14.2. The number of terminal acetylenes is 1. The summed E-state index contributed by atoms with van der Waals surface area (Å²) in [6.45, 7) is 6.72. The van der Waals surface area contributed by atoms with Crippen LogP contribution in [0.2, 0.25) is 19.6 Å². The minimum absolute atomic E-state index is 0.877. The van der Waals surface area contributed by atoms with E-state index < -0.39 is 8.07 Å². The van der Waals surface area contributed by atoms with E-state index in [2.05, 4.69) is 42.0 Å². The molecule has 0 radical (unpaired) electrons. The van der Waals surface area contributed by atoms with E-state index in [-0.39, 0.29) is 0 Å². The Bertz CT molecular complexity index is 758. The number of nitrogens with zero attached hydrogens (tertiary/aromatic N) is 1. The molecular weight excluding hydrogens is 285 g/mol. The monoisotopic (exact) mass is 304 g/mol. The van der Waals surface area contributed by atoms with Crippen molar-refractivity contribution in [3.8, 4) is 23.8 Å². The van der Waals surface area contributed by atoms with Gasteiger partial charge >= 0.3 is 0 Å². The number of hydrogen-bond acceptors (Lipinski definition) is 1. The van der Waals surface area contributed by atoms with Crippen molar-refractivity contribution in [3.05, 3.63) is 65.2 Å². The van der Waals surface area contributed by atoms with Crippen LogP contribution in [0.1, 0.15) is 16.7 Å². The Morgan fingerprint density at radius 2 is 1.55 bits per heavy atom. The van der Waals surface area contributed by atoms with E-state index in [1.807, 2.05) is 54.7 Å². The van der Waals surface area contributed by atoms with Gasteiger partial charge in [-0.3, -0.25) is 4.99 Å². The third-order valence-corrected chi connectivity index (χ3v) is 3.76. The molecule has 0 N–H and O–H groups in total. The molecule has 0 aliphatic heterocycles. The highest BCUT2D eigenvalue weighted by atomic mass is 28.3. The first-order valence-corrected chi connectivity index (χ1v) is 10.7. The Morgan fingerprint density at radius 1 is 0.955 bits per heavy atom. The molecule has 0 amide bonds. The predicted octanol–water partition coefficient (Wildman–Crippen LogP) is 4.65. The van der Waals surface area contributed by atoms with Gasteiger partial charge in [0.2, 0.25) is 0 Å². The zero-order chi connectivity index (χ0) is 16.0. The van der Waals surface area contributed by atoms with Crippen molar-refractivity contribution in [1.82, 2.24) is 0 Å². The Labute approximate surface area is 134 Å². The van der Waals surface area contributed by atoms with E-state index in [9.17, 15) is 0 Å². The number of hydrogen-bond donors (Lipinski definition) is 0. The van der Waals surface area contributed by atoms with Crippen LogP contribution >= 0.6 is 0 Å². The fraction of sp³-hybridized carbons (Fsp3) is 0.150. The van der Waals surface area contributed by atoms with E-state index in [4.69, 9.17) is 6.42 Å². The van der Waals surface area contributed by atoms with Gasteiger partial charge in [0, 0.05) is 17.3 Å². The van der Waals surface area contributed by atoms with Crippen LogP contribution < -0.4 is 0 Å². The second kappa shape index (κ2) is 6.94. The summed E-state index contributed by atoms with van der Waals surface area (Å²) in [6, 6.07) is 15.8. The Hall–Kier alpha value is -2.55. The average molecular weight is 304 g/mol. The van der Waals surface area contributed by atoms with Crippen LogP contribution in [-0.4, -0.2) is 14.3 Å². The van der Waals surface area contributed by atoms with Crippen molar-refractivity contribution in [1.29, 1.82) is 0 Å². The second-order valence-corrected chi connectivity index (χ2v) is 10.8. The fourth-order valence-electron chi connectivity index (χ4n) is 1.70. The van der Waals surface area contributed by atoms with E-state index in [1.165, 1.54) is 0 Å². The topological polar surface area (TPSA) is 12.4 Å². The largest absolute Gasteiger partial charge is 0.256 e. The summed E-state index contributed by atoms with van der Waals surface area (Å²) in [5, 5.41) is 0. The van der Waals surface area contributed by atoms with Crippen molar-refractivity contribution in [3.63, 3.8) is 0 Å².